The minimum Gasteiger partial charge on any atom is -0.301 e. The Balaban J connectivity index is 2.46. The molecule has 0 aromatic carbocycles. The Morgan fingerprint density at radius 1 is 1.21 bits per heavy atom. The van der Waals surface area contributed by atoms with E-state index in [9.17, 15) is 4.79 Å². The highest BCUT2D eigenvalue weighted by atomic mass is 16.1. The van der Waals surface area contributed by atoms with Crippen LogP contribution in [-0.4, -0.2) is 29.8 Å². The Hall–Kier alpha value is -0.370. The minimum absolute atomic E-state index is 0.330. The highest BCUT2D eigenvalue weighted by molar-refractivity contribution is 5.78. The minimum atomic E-state index is 0.330. The molecular formula is C12H23NO. The van der Waals surface area contributed by atoms with Gasteiger partial charge in [-0.15, -0.1) is 0 Å². The van der Waals surface area contributed by atoms with E-state index in [4.69, 9.17) is 0 Å². The van der Waals surface area contributed by atoms with Gasteiger partial charge < -0.3 is 4.90 Å². The molecule has 0 aliphatic carbocycles. The van der Waals surface area contributed by atoms with Crippen LogP contribution in [0.5, 0.6) is 0 Å². The average Bonchev–Trinajstić information content (AvgIpc) is 2.01. The van der Waals surface area contributed by atoms with Gasteiger partial charge in [-0.05, 0) is 53.1 Å². The molecule has 0 aromatic rings. The number of carbonyl (C=O) groups is 1. The van der Waals surface area contributed by atoms with Crippen molar-refractivity contribution in [3.63, 3.8) is 0 Å². The Labute approximate surface area is 87.7 Å². The summed E-state index contributed by atoms with van der Waals surface area (Å²) < 4.78 is 0. The molecule has 1 heterocycles. The predicted molar refractivity (Wildman–Crippen MR) is 59.3 cm³/mol. The Morgan fingerprint density at radius 3 is 2.50 bits per heavy atom. The second-order valence-electron chi connectivity index (χ2n) is 4.72. The molecular weight excluding hydrogens is 174 g/mol. The molecule has 0 amide bonds. The zero-order chi connectivity index (χ0) is 10.6. The SMILES string of the molecule is CC(=O)C1CCCCN(C(C)C)CC1. The van der Waals surface area contributed by atoms with Gasteiger partial charge in [-0.2, -0.15) is 0 Å². The third-order valence-corrected chi connectivity index (χ3v) is 3.32. The van der Waals surface area contributed by atoms with E-state index in [1.54, 1.807) is 6.92 Å². The molecule has 1 rings (SSSR count). The van der Waals surface area contributed by atoms with E-state index in [0.29, 0.717) is 17.7 Å². The lowest BCUT2D eigenvalue weighted by molar-refractivity contribution is -0.121. The molecule has 0 saturated carbocycles. The summed E-state index contributed by atoms with van der Waals surface area (Å²) in [6, 6.07) is 0.626. The van der Waals surface area contributed by atoms with Crippen molar-refractivity contribution in [2.75, 3.05) is 13.1 Å². The van der Waals surface area contributed by atoms with Crippen molar-refractivity contribution in [3.05, 3.63) is 0 Å². The van der Waals surface area contributed by atoms with Gasteiger partial charge in [0.15, 0.2) is 0 Å². The first-order valence-electron chi connectivity index (χ1n) is 5.85. The van der Waals surface area contributed by atoms with Crippen molar-refractivity contribution in [3.8, 4) is 0 Å². The van der Waals surface area contributed by atoms with Crippen LogP contribution >= 0.6 is 0 Å². The topological polar surface area (TPSA) is 20.3 Å². The second-order valence-corrected chi connectivity index (χ2v) is 4.72. The zero-order valence-corrected chi connectivity index (χ0v) is 9.75. The standard InChI is InChI=1S/C12H23NO/c1-10(2)13-8-5-4-6-12(7-9-13)11(3)14/h10,12H,4-9H2,1-3H3. The molecule has 1 unspecified atom stereocenters. The van der Waals surface area contributed by atoms with Gasteiger partial charge in [-0.3, -0.25) is 4.79 Å². The molecule has 0 N–H and O–H groups in total. The lowest BCUT2D eigenvalue weighted by Crippen LogP contribution is -2.35. The Morgan fingerprint density at radius 2 is 1.93 bits per heavy atom. The first-order valence-corrected chi connectivity index (χ1v) is 5.85. The number of carbonyl (C=O) groups excluding carboxylic acids is 1. The molecule has 0 spiro atoms. The summed E-state index contributed by atoms with van der Waals surface area (Å²) in [7, 11) is 0. The number of hydrogen-bond donors (Lipinski definition) is 0. The second kappa shape index (κ2) is 5.50. The quantitative estimate of drug-likeness (QED) is 0.678. The number of nitrogens with zero attached hydrogens (tertiary/aromatic N) is 1. The van der Waals surface area contributed by atoms with Gasteiger partial charge in [0.2, 0.25) is 0 Å². The van der Waals surface area contributed by atoms with E-state index in [1.165, 1.54) is 19.4 Å². The van der Waals surface area contributed by atoms with Crippen LogP contribution in [0.1, 0.15) is 46.5 Å². The van der Waals surface area contributed by atoms with Gasteiger partial charge in [0.25, 0.3) is 0 Å². The van der Waals surface area contributed by atoms with E-state index in [0.717, 1.165) is 19.4 Å². The fourth-order valence-corrected chi connectivity index (χ4v) is 2.21. The van der Waals surface area contributed by atoms with Crippen LogP contribution in [0, 0.1) is 5.92 Å². The van der Waals surface area contributed by atoms with Gasteiger partial charge in [0, 0.05) is 12.0 Å². The Kier molecular flexibility index (Phi) is 4.59. The fraction of sp³-hybridized carbons (Fsp3) is 0.917. The van der Waals surface area contributed by atoms with Crippen molar-refractivity contribution >= 4 is 5.78 Å². The molecule has 82 valence electrons. The summed E-state index contributed by atoms with van der Waals surface area (Å²) in [6.45, 7) is 8.53. The van der Waals surface area contributed by atoms with Crippen LogP contribution in [0.4, 0.5) is 0 Å². The van der Waals surface area contributed by atoms with Crippen LogP contribution in [0.2, 0.25) is 0 Å². The largest absolute Gasteiger partial charge is 0.301 e. The summed E-state index contributed by atoms with van der Waals surface area (Å²) in [6.07, 6.45) is 4.64. The predicted octanol–water partition coefficient (Wildman–Crippen LogP) is 2.48. The maximum absolute atomic E-state index is 11.3. The lowest BCUT2D eigenvalue weighted by atomic mass is 9.92. The van der Waals surface area contributed by atoms with Crippen molar-refractivity contribution in [1.29, 1.82) is 0 Å². The maximum atomic E-state index is 11.3. The number of rotatable bonds is 2. The van der Waals surface area contributed by atoms with Gasteiger partial charge in [-0.1, -0.05) is 6.42 Å². The van der Waals surface area contributed by atoms with Crippen molar-refractivity contribution < 1.29 is 4.79 Å². The first-order chi connectivity index (χ1) is 6.61. The highest BCUT2D eigenvalue weighted by Gasteiger charge is 2.19. The number of likely N-dealkylation sites (tertiary alicyclic amines) is 1. The van der Waals surface area contributed by atoms with E-state index in [1.807, 2.05) is 0 Å². The molecule has 1 fully saturated rings. The summed E-state index contributed by atoms with van der Waals surface area (Å²) in [5.74, 6) is 0.715. The molecule has 1 atom stereocenters. The molecule has 0 aromatic heterocycles. The first kappa shape index (κ1) is 11.7. The monoisotopic (exact) mass is 197 g/mol. The lowest BCUT2D eigenvalue weighted by Gasteiger charge is -2.30. The van der Waals surface area contributed by atoms with E-state index >= 15 is 0 Å². The molecule has 1 aliphatic heterocycles. The molecule has 1 saturated heterocycles. The van der Waals surface area contributed by atoms with Crippen LogP contribution in [0.15, 0.2) is 0 Å². The molecule has 14 heavy (non-hydrogen) atoms. The van der Waals surface area contributed by atoms with Gasteiger partial charge in [-0.25, -0.2) is 0 Å². The normalized spacial score (nSPS) is 25.9. The van der Waals surface area contributed by atoms with Crippen molar-refractivity contribution in [2.24, 2.45) is 5.92 Å². The van der Waals surface area contributed by atoms with Crippen LogP contribution in [-0.2, 0) is 4.79 Å². The molecule has 0 radical (unpaired) electrons. The number of ketones is 1. The van der Waals surface area contributed by atoms with E-state index < -0.39 is 0 Å². The Bertz CT molecular complexity index is 189. The summed E-state index contributed by atoms with van der Waals surface area (Å²) in [5, 5.41) is 0. The highest BCUT2D eigenvalue weighted by Crippen LogP contribution is 2.19. The van der Waals surface area contributed by atoms with Crippen LogP contribution < -0.4 is 0 Å². The summed E-state index contributed by atoms with van der Waals surface area (Å²) >= 11 is 0. The maximum Gasteiger partial charge on any atom is 0.132 e. The van der Waals surface area contributed by atoms with E-state index in [2.05, 4.69) is 18.7 Å². The van der Waals surface area contributed by atoms with E-state index in [-0.39, 0.29) is 0 Å². The molecule has 1 aliphatic rings. The molecule has 2 heteroatoms. The van der Waals surface area contributed by atoms with Crippen LogP contribution in [0.3, 0.4) is 0 Å². The average molecular weight is 197 g/mol. The molecule has 0 bridgehead atoms. The van der Waals surface area contributed by atoms with Gasteiger partial charge >= 0.3 is 0 Å². The van der Waals surface area contributed by atoms with Crippen molar-refractivity contribution in [1.82, 2.24) is 4.90 Å². The van der Waals surface area contributed by atoms with Crippen molar-refractivity contribution in [2.45, 2.75) is 52.5 Å². The third-order valence-electron chi connectivity index (χ3n) is 3.32. The zero-order valence-electron chi connectivity index (χ0n) is 9.75. The fourth-order valence-electron chi connectivity index (χ4n) is 2.21. The summed E-state index contributed by atoms with van der Waals surface area (Å²) in [4.78, 5) is 13.8. The summed E-state index contributed by atoms with van der Waals surface area (Å²) in [5.41, 5.74) is 0. The number of hydrogen-bond acceptors (Lipinski definition) is 2. The van der Waals surface area contributed by atoms with Crippen LogP contribution in [0.25, 0.3) is 0 Å². The third kappa shape index (κ3) is 3.41. The smallest absolute Gasteiger partial charge is 0.132 e. The van der Waals surface area contributed by atoms with Gasteiger partial charge in [0.05, 0.1) is 0 Å². The van der Waals surface area contributed by atoms with Gasteiger partial charge in [0.1, 0.15) is 5.78 Å². The number of Topliss-reactive ketones (excluding diaryl/α,β-unsaturated/α-hetero) is 1. The molecule has 2 nitrogen and oxygen atoms in total.